The minimum absolute atomic E-state index is 0.00435. The Kier molecular flexibility index (Phi) is 5.11. The zero-order chi connectivity index (χ0) is 13.6. The molecule has 0 aromatic heterocycles. The molecule has 0 saturated heterocycles. The van der Waals surface area contributed by atoms with Crippen molar-refractivity contribution in [3.63, 3.8) is 0 Å². The molecule has 0 aliphatic rings. The summed E-state index contributed by atoms with van der Waals surface area (Å²) >= 11 is 0. The lowest BCUT2D eigenvalue weighted by Gasteiger charge is -2.20. The Morgan fingerprint density at radius 1 is 1.33 bits per heavy atom. The first kappa shape index (κ1) is 14.5. The van der Waals surface area contributed by atoms with E-state index in [1.165, 1.54) is 19.2 Å². The number of amides is 2. The van der Waals surface area contributed by atoms with Crippen LogP contribution >= 0.6 is 0 Å². The van der Waals surface area contributed by atoms with Crippen molar-refractivity contribution >= 4 is 16.1 Å². The van der Waals surface area contributed by atoms with Gasteiger partial charge >= 0.3 is 6.03 Å². The lowest BCUT2D eigenvalue weighted by atomic mass is 10.4. The molecule has 1 N–H and O–H groups in total. The second-order valence-electron chi connectivity index (χ2n) is 3.43. The number of sulfonamides is 1. The predicted octanol–water partition coefficient (Wildman–Crippen LogP) is 1.36. The molecule has 0 unspecified atom stereocenters. The number of carbonyl (C=O) groups excluding carboxylic acids is 1. The predicted molar refractivity (Wildman–Crippen MR) is 66.2 cm³/mol. The molecule has 18 heavy (non-hydrogen) atoms. The molecule has 0 aliphatic carbocycles. The molecule has 1 aromatic carbocycles. The van der Waals surface area contributed by atoms with E-state index in [1.807, 2.05) is 6.92 Å². The van der Waals surface area contributed by atoms with Gasteiger partial charge in [0.25, 0.3) is 10.0 Å². The first-order chi connectivity index (χ1) is 8.54. The van der Waals surface area contributed by atoms with Crippen LogP contribution in [0.4, 0.5) is 4.79 Å². The summed E-state index contributed by atoms with van der Waals surface area (Å²) in [7, 11) is -2.65. The summed E-state index contributed by atoms with van der Waals surface area (Å²) in [5, 5.41) is 2.23. The number of nitrogens with one attached hydrogen (secondary N) is 1. The van der Waals surface area contributed by atoms with Crippen LogP contribution in [0.25, 0.3) is 0 Å². The van der Waals surface area contributed by atoms with Crippen molar-refractivity contribution in [2.75, 3.05) is 13.7 Å². The van der Waals surface area contributed by atoms with Crippen molar-refractivity contribution in [3.8, 4) is 0 Å². The Labute approximate surface area is 107 Å². The molecule has 0 fully saturated rings. The lowest BCUT2D eigenvalue weighted by Crippen LogP contribution is -2.42. The van der Waals surface area contributed by atoms with Gasteiger partial charge in [0.15, 0.2) is 0 Å². The Morgan fingerprint density at radius 3 is 2.44 bits per heavy atom. The third-order valence-corrected chi connectivity index (χ3v) is 3.63. The third kappa shape index (κ3) is 3.21. The van der Waals surface area contributed by atoms with Crippen molar-refractivity contribution in [3.05, 3.63) is 30.3 Å². The third-order valence-electron chi connectivity index (χ3n) is 2.05. The average Bonchev–Trinajstić information content (AvgIpc) is 2.39. The Hall–Kier alpha value is -1.60. The first-order valence-corrected chi connectivity index (χ1v) is 6.93. The van der Waals surface area contributed by atoms with Gasteiger partial charge in [0.05, 0.1) is 11.5 Å². The quantitative estimate of drug-likeness (QED) is 0.821. The SMILES string of the molecule is CCCON(C(=O)NC)S(=O)(=O)c1ccccc1. The molecule has 0 bridgehead atoms. The molecule has 1 rings (SSSR count). The number of urea groups is 1. The lowest BCUT2D eigenvalue weighted by molar-refractivity contribution is -0.0475. The molecular weight excluding hydrogens is 256 g/mol. The van der Waals surface area contributed by atoms with Crippen molar-refractivity contribution in [2.45, 2.75) is 18.2 Å². The van der Waals surface area contributed by atoms with Gasteiger partial charge in [0.1, 0.15) is 0 Å². The molecule has 6 nitrogen and oxygen atoms in total. The number of hydroxylamine groups is 1. The van der Waals surface area contributed by atoms with E-state index in [-0.39, 0.29) is 11.5 Å². The maximum absolute atomic E-state index is 12.2. The standard InChI is InChI=1S/C11H16N2O4S/c1-3-9-17-13(11(14)12-2)18(15,16)10-7-5-4-6-8-10/h4-8H,3,9H2,1-2H3,(H,12,14). The van der Waals surface area contributed by atoms with Crippen molar-refractivity contribution in [1.29, 1.82) is 0 Å². The molecule has 0 heterocycles. The van der Waals surface area contributed by atoms with Crippen LogP contribution in [0.15, 0.2) is 35.2 Å². The molecule has 2 amide bonds. The van der Waals surface area contributed by atoms with Gasteiger partial charge in [-0.3, -0.25) is 4.84 Å². The first-order valence-electron chi connectivity index (χ1n) is 5.49. The minimum Gasteiger partial charge on any atom is -0.338 e. The smallest absolute Gasteiger partial charge is 0.338 e. The number of benzene rings is 1. The molecule has 0 saturated carbocycles. The summed E-state index contributed by atoms with van der Waals surface area (Å²) in [6.45, 7) is 1.96. The maximum Gasteiger partial charge on any atom is 0.356 e. The van der Waals surface area contributed by atoms with Gasteiger partial charge in [0.2, 0.25) is 0 Å². The van der Waals surface area contributed by atoms with E-state index in [4.69, 9.17) is 4.84 Å². The number of nitrogens with zero attached hydrogens (tertiary/aromatic N) is 1. The summed E-state index contributed by atoms with van der Waals surface area (Å²) in [5.74, 6) is 0. The fourth-order valence-corrected chi connectivity index (χ4v) is 2.41. The molecule has 1 aromatic rings. The largest absolute Gasteiger partial charge is 0.356 e. The summed E-state index contributed by atoms with van der Waals surface area (Å²) < 4.78 is 24.7. The highest BCUT2D eigenvalue weighted by molar-refractivity contribution is 7.89. The van der Waals surface area contributed by atoms with E-state index in [1.54, 1.807) is 18.2 Å². The Balaban J connectivity index is 3.08. The van der Waals surface area contributed by atoms with Crippen molar-refractivity contribution < 1.29 is 18.0 Å². The molecule has 0 spiro atoms. The van der Waals surface area contributed by atoms with Gasteiger partial charge in [-0.05, 0) is 18.6 Å². The highest BCUT2D eigenvalue weighted by atomic mass is 32.2. The maximum atomic E-state index is 12.2. The van der Waals surface area contributed by atoms with E-state index >= 15 is 0 Å². The van der Waals surface area contributed by atoms with E-state index in [2.05, 4.69) is 5.32 Å². The van der Waals surface area contributed by atoms with Crippen LogP contribution in [-0.2, 0) is 14.9 Å². The summed E-state index contributed by atoms with van der Waals surface area (Å²) in [5.41, 5.74) is 0. The molecule has 0 radical (unpaired) electrons. The molecule has 100 valence electrons. The van der Waals surface area contributed by atoms with Crippen LogP contribution < -0.4 is 5.32 Å². The topological polar surface area (TPSA) is 75.7 Å². The second-order valence-corrected chi connectivity index (χ2v) is 5.19. The normalized spacial score (nSPS) is 11.0. The van der Waals surface area contributed by atoms with Gasteiger partial charge in [-0.25, -0.2) is 4.79 Å². The Morgan fingerprint density at radius 2 is 1.94 bits per heavy atom. The summed E-state index contributed by atoms with van der Waals surface area (Å²) in [4.78, 5) is 16.5. The molecular formula is C11H16N2O4S. The van der Waals surface area contributed by atoms with Crippen LogP contribution in [0, 0.1) is 0 Å². The number of hydrogen-bond acceptors (Lipinski definition) is 4. The van der Waals surface area contributed by atoms with Crippen LogP contribution in [0.1, 0.15) is 13.3 Å². The zero-order valence-electron chi connectivity index (χ0n) is 10.3. The van der Waals surface area contributed by atoms with E-state index < -0.39 is 16.1 Å². The van der Waals surface area contributed by atoms with Gasteiger partial charge in [-0.2, -0.15) is 8.42 Å². The summed E-state index contributed by atoms with van der Waals surface area (Å²) in [6, 6.07) is 6.83. The molecule has 0 aliphatic heterocycles. The van der Waals surface area contributed by atoms with E-state index in [0.29, 0.717) is 10.9 Å². The second kappa shape index (κ2) is 6.36. The highest BCUT2D eigenvalue weighted by Gasteiger charge is 2.29. The van der Waals surface area contributed by atoms with Gasteiger partial charge in [-0.1, -0.05) is 29.6 Å². The highest BCUT2D eigenvalue weighted by Crippen LogP contribution is 2.15. The monoisotopic (exact) mass is 272 g/mol. The van der Waals surface area contributed by atoms with Crippen LogP contribution in [0.3, 0.4) is 0 Å². The fourth-order valence-electron chi connectivity index (χ4n) is 1.19. The van der Waals surface area contributed by atoms with Crippen LogP contribution in [-0.4, -0.2) is 32.6 Å². The van der Waals surface area contributed by atoms with Crippen molar-refractivity contribution in [2.24, 2.45) is 0 Å². The molecule has 0 atom stereocenters. The number of rotatable bonds is 5. The van der Waals surface area contributed by atoms with Crippen molar-refractivity contribution in [1.82, 2.24) is 9.79 Å². The zero-order valence-corrected chi connectivity index (χ0v) is 11.1. The minimum atomic E-state index is -3.99. The van der Waals surface area contributed by atoms with Gasteiger partial charge in [-0.15, -0.1) is 0 Å². The average molecular weight is 272 g/mol. The molecule has 7 heteroatoms. The van der Waals surface area contributed by atoms with Gasteiger partial charge in [0, 0.05) is 7.05 Å². The van der Waals surface area contributed by atoms with Crippen LogP contribution in [0.5, 0.6) is 0 Å². The fraction of sp³-hybridized carbons (Fsp3) is 0.364. The van der Waals surface area contributed by atoms with E-state index in [0.717, 1.165) is 0 Å². The Bertz CT molecular complexity index is 487. The number of hydrogen-bond donors (Lipinski definition) is 1. The van der Waals surface area contributed by atoms with Gasteiger partial charge < -0.3 is 5.32 Å². The van der Waals surface area contributed by atoms with E-state index in [9.17, 15) is 13.2 Å². The summed E-state index contributed by atoms with van der Waals surface area (Å²) in [6.07, 6.45) is 0.595. The number of carbonyl (C=O) groups is 1. The van der Waals surface area contributed by atoms with Crippen LogP contribution in [0.2, 0.25) is 0 Å².